The minimum Gasteiger partial charge on any atom is -0.508 e. The number of phenolic OH excluding ortho intramolecular Hbond substituents is 1. The lowest BCUT2D eigenvalue weighted by Gasteiger charge is -2.19. The Morgan fingerprint density at radius 2 is 1.12 bits per heavy atom. The highest BCUT2D eigenvalue weighted by Crippen LogP contribution is 2.42. The summed E-state index contributed by atoms with van der Waals surface area (Å²) in [6.07, 6.45) is 0. The van der Waals surface area contributed by atoms with Gasteiger partial charge in [0.1, 0.15) is 28.4 Å². The largest absolute Gasteiger partial charge is 0.508 e. The first-order valence-electron chi connectivity index (χ1n) is 9.74. The van der Waals surface area contributed by atoms with Crippen LogP contribution in [0.4, 0.5) is 0 Å². The average Bonchev–Trinajstić information content (AvgIpc) is 2.78. The third-order valence-electron chi connectivity index (χ3n) is 5.42. The van der Waals surface area contributed by atoms with Crippen LogP contribution in [0.25, 0.3) is 21.9 Å². The monoisotopic (exact) mass is 428 g/mol. The molecular formula is C25H16O7. The van der Waals surface area contributed by atoms with Gasteiger partial charge in [-0.2, -0.15) is 0 Å². The zero-order valence-corrected chi connectivity index (χ0v) is 16.5. The normalized spacial score (nSPS) is 11.4. The highest BCUT2D eigenvalue weighted by molar-refractivity contribution is 5.86. The van der Waals surface area contributed by atoms with E-state index in [-0.39, 0.29) is 44.4 Å². The molecule has 7 nitrogen and oxygen atoms in total. The van der Waals surface area contributed by atoms with E-state index in [2.05, 4.69) is 0 Å². The number of hydrogen-bond acceptors (Lipinski definition) is 7. The van der Waals surface area contributed by atoms with Crippen molar-refractivity contribution in [2.75, 3.05) is 0 Å². The van der Waals surface area contributed by atoms with Crippen molar-refractivity contribution in [1.29, 1.82) is 0 Å². The molecule has 32 heavy (non-hydrogen) atoms. The number of benzene rings is 3. The average molecular weight is 428 g/mol. The van der Waals surface area contributed by atoms with Crippen molar-refractivity contribution < 1.29 is 24.2 Å². The molecule has 0 amide bonds. The van der Waals surface area contributed by atoms with Crippen molar-refractivity contribution in [2.24, 2.45) is 0 Å². The van der Waals surface area contributed by atoms with Crippen LogP contribution in [0.15, 0.2) is 91.2 Å². The van der Waals surface area contributed by atoms with Crippen molar-refractivity contribution in [3.63, 3.8) is 0 Å². The van der Waals surface area contributed by atoms with Crippen LogP contribution in [0, 0.1) is 0 Å². The van der Waals surface area contributed by atoms with Gasteiger partial charge in [0.05, 0.1) is 27.8 Å². The highest BCUT2D eigenvalue weighted by atomic mass is 16.4. The summed E-state index contributed by atoms with van der Waals surface area (Å²) in [5.41, 5.74) is -1.67. The van der Waals surface area contributed by atoms with Gasteiger partial charge in [-0.15, -0.1) is 0 Å². The minimum atomic E-state index is -1.27. The molecule has 0 aliphatic rings. The number of hydrogen-bond donors (Lipinski definition) is 3. The SMILES string of the molecule is O=c1oc2ccccc2c(O)c1C(c1cccc(O)c1)c1c(O)c2ccccc2oc1=O. The molecule has 0 aliphatic heterocycles. The van der Waals surface area contributed by atoms with Gasteiger partial charge in [-0.3, -0.25) is 0 Å². The second kappa shape index (κ2) is 7.31. The minimum absolute atomic E-state index is 0.123. The maximum absolute atomic E-state index is 13.0. The molecule has 0 bridgehead atoms. The van der Waals surface area contributed by atoms with Gasteiger partial charge in [-0.1, -0.05) is 36.4 Å². The van der Waals surface area contributed by atoms with E-state index in [0.29, 0.717) is 0 Å². The second-order valence-corrected chi connectivity index (χ2v) is 7.32. The van der Waals surface area contributed by atoms with Crippen molar-refractivity contribution in [3.05, 3.63) is 110 Å². The van der Waals surface area contributed by atoms with Gasteiger partial charge in [0.25, 0.3) is 0 Å². The predicted molar refractivity (Wildman–Crippen MR) is 117 cm³/mol. The summed E-state index contributed by atoms with van der Waals surface area (Å²) in [6, 6.07) is 18.7. The van der Waals surface area contributed by atoms with Crippen LogP contribution in [-0.4, -0.2) is 15.3 Å². The summed E-state index contributed by atoms with van der Waals surface area (Å²) in [7, 11) is 0. The third-order valence-corrected chi connectivity index (χ3v) is 5.42. The summed E-state index contributed by atoms with van der Waals surface area (Å²) < 4.78 is 10.8. The predicted octanol–water partition coefficient (Wildman–Crippen LogP) is 4.20. The Morgan fingerprint density at radius 3 is 1.62 bits per heavy atom. The molecule has 5 rings (SSSR count). The standard InChI is InChI=1S/C25H16O7/c26-14-7-5-6-13(12-14)19(20-22(27)15-8-1-3-10-17(15)31-24(20)29)21-23(28)16-9-2-4-11-18(16)32-25(21)30/h1-12,19,26-28H. The Kier molecular flexibility index (Phi) is 4.44. The maximum atomic E-state index is 13.0. The molecule has 0 aliphatic carbocycles. The highest BCUT2D eigenvalue weighted by Gasteiger charge is 2.32. The van der Waals surface area contributed by atoms with Crippen LogP contribution < -0.4 is 11.3 Å². The molecule has 0 radical (unpaired) electrons. The van der Waals surface area contributed by atoms with Gasteiger partial charge in [0, 0.05) is 0 Å². The van der Waals surface area contributed by atoms with Crippen LogP contribution in [0.5, 0.6) is 17.2 Å². The number of phenols is 1. The first kappa shape index (κ1) is 19.4. The topological polar surface area (TPSA) is 121 Å². The van der Waals surface area contributed by atoms with Crippen molar-refractivity contribution >= 4 is 21.9 Å². The number of fused-ring (bicyclic) bond motifs is 2. The van der Waals surface area contributed by atoms with E-state index in [9.17, 15) is 24.9 Å². The smallest absolute Gasteiger partial charge is 0.344 e. The fraction of sp³-hybridized carbons (Fsp3) is 0.0400. The Bertz CT molecular complexity index is 1510. The van der Waals surface area contributed by atoms with Gasteiger partial charge >= 0.3 is 11.3 Å². The molecule has 0 fully saturated rings. The van der Waals surface area contributed by atoms with Gasteiger partial charge < -0.3 is 24.2 Å². The van der Waals surface area contributed by atoms with E-state index >= 15 is 0 Å². The first-order chi connectivity index (χ1) is 15.5. The summed E-state index contributed by atoms with van der Waals surface area (Å²) in [5.74, 6) is -2.18. The molecule has 0 saturated heterocycles. The van der Waals surface area contributed by atoms with Gasteiger partial charge in [-0.25, -0.2) is 9.59 Å². The zero-order valence-electron chi connectivity index (χ0n) is 16.5. The summed E-state index contributed by atoms with van der Waals surface area (Å²) in [4.78, 5) is 26.0. The van der Waals surface area contributed by atoms with E-state index < -0.39 is 28.7 Å². The lowest BCUT2D eigenvalue weighted by Crippen LogP contribution is -2.21. The van der Waals surface area contributed by atoms with Crippen molar-refractivity contribution in [1.82, 2.24) is 0 Å². The lowest BCUT2D eigenvalue weighted by molar-refractivity contribution is 0.440. The molecule has 158 valence electrons. The fourth-order valence-electron chi connectivity index (χ4n) is 3.99. The number of aromatic hydroxyl groups is 3. The Hall–Kier alpha value is -4.52. The quantitative estimate of drug-likeness (QED) is 0.368. The first-order valence-corrected chi connectivity index (χ1v) is 9.74. The van der Waals surface area contributed by atoms with Crippen LogP contribution in [-0.2, 0) is 0 Å². The van der Waals surface area contributed by atoms with E-state index in [4.69, 9.17) is 8.83 Å². The lowest BCUT2D eigenvalue weighted by atomic mass is 9.84. The molecule has 0 unspecified atom stereocenters. The van der Waals surface area contributed by atoms with E-state index in [1.807, 2.05) is 0 Å². The molecule has 0 atom stereocenters. The molecular weight excluding hydrogens is 412 g/mol. The summed E-state index contributed by atoms with van der Waals surface area (Å²) in [6.45, 7) is 0. The Labute approximate surface area is 180 Å². The van der Waals surface area contributed by atoms with Crippen LogP contribution in [0.2, 0.25) is 0 Å². The zero-order chi connectivity index (χ0) is 22.4. The molecule has 3 N–H and O–H groups in total. The second-order valence-electron chi connectivity index (χ2n) is 7.32. The Morgan fingerprint density at radius 1 is 0.625 bits per heavy atom. The molecule has 7 heteroatoms. The van der Waals surface area contributed by atoms with Gasteiger partial charge in [0.15, 0.2) is 0 Å². The van der Waals surface area contributed by atoms with E-state index in [1.54, 1.807) is 42.5 Å². The van der Waals surface area contributed by atoms with Crippen LogP contribution in [0.1, 0.15) is 22.6 Å². The van der Waals surface area contributed by atoms with E-state index in [1.165, 1.54) is 30.3 Å². The van der Waals surface area contributed by atoms with Crippen molar-refractivity contribution in [3.8, 4) is 17.2 Å². The molecule has 0 saturated carbocycles. The Balaban J connectivity index is 1.92. The maximum Gasteiger partial charge on any atom is 0.344 e. The fourth-order valence-corrected chi connectivity index (χ4v) is 3.99. The van der Waals surface area contributed by atoms with Crippen LogP contribution in [0.3, 0.4) is 0 Å². The molecule has 0 spiro atoms. The molecule has 2 aromatic heterocycles. The summed E-state index contributed by atoms with van der Waals surface area (Å²) >= 11 is 0. The molecule has 2 heterocycles. The van der Waals surface area contributed by atoms with Gasteiger partial charge in [0.2, 0.25) is 0 Å². The third kappa shape index (κ3) is 2.99. The molecule has 3 aromatic carbocycles. The summed E-state index contributed by atoms with van der Waals surface area (Å²) in [5, 5.41) is 32.7. The van der Waals surface area contributed by atoms with Crippen molar-refractivity contribution in [2.45, 2.75) is 5.92 Å². The number of para-hydroxylation sites is 2. The number of rotatable bonds is 3. The van der Waals surface area contributed by atoms with Gasteiger partial charge in [-0.05, 0) is 42.0 Å². The van der Waals surface area contributed by atoms with E-state index in [0.717, 1.165) is 0 Å². The molecule has 5 aromatic rings. The van der Waals surface area contributed by atoms with Crippen LogP contribution >= 0.6 is 0 Å².